The maximum Gasteiger partial charge on any atom is 0.573 e. The number of rotatable bonds is 4. The van der Waals surface area contributed by atoms with E-state index in [0.29, 0.717) is 14.0 Å². The highest BCUT2D eigenvalue weighted by Crippen LogP contribution is 2.33. The van der Waals surface area contributed by atoms with Crippen LogP contribution in [0.5, 0.6) is 5.75 Å². The van der Waals surface area contributed by atoms with Gasteiger partial charge >= 0.3 is 6.36 Å². The number of benzene rings is 1. The van der Waals surface area contributed by atoms with E-state index in [4.69, 9.17) is 4.42 Å². The molecule has 2 aromatic rings. The normalized spacial score (nSPS) is 11.4. The smallest absolute Gasteiger partial charge is 0.454 e. The molecule has 0 unspecified atom stereocenters. The van der Waals surface area contributed by atoms with Crippen LogP contribution in [0.2, 0.25) is 0 Å². The largest absolute Gasteiger partial charge is 0.573 e. The molecular weight excluding hydrogens is 454 g/mol. The van der Waals surface area contributed by atoms with Crippen molar-refractivity contribution in [2.75, 3.05) is 5.32 Å². The predicted molar refractivity (Wildman–Crippen MR) is 79.6 cm³/mol. The van der Waals surface area contributed by atoms with Crippen molar-refractivity contribution >= 4 is 44.2 Å². The number of anilines is 1. The van der Waals surface area contributed by atoms with E-state index in [0.717, 1.165) is 0 Å². The second kappa shape index (κ2) is 6.25. The van der Waals surface area contributed by atoms with E-state index in [2.05, 4.69) is 26.0 Å². The average molecular weight is 462 g/mol. The van der Waals surface area contributed by atoms with Gasteiger partial charge in [-0.15, -0.1) is 13.2 Å². The molecule has 0 atom stereocenters. The first-order valence-corrected chi connectivity index (χ1v) is 7.24. The molecule has 108 valence electrons. The molecule has 0 spiro atoms. The Morgan fingerprint density at radius 3 is 2.60 bits per heavy atom. The SMILES string of the molecule is FC(F)(F)Oc1cc(Br)ccc1NCc1ccc(I)o1. The van der Waals surface area contributed by atoms with Crippen LogP contribution < -0.4 is 10.1 Å². The average Bonchev–Trinajstić information content (AvgIpc) is 2.72. The van der Waals surface area contributed by atoms with Gasteiger partial charge in [-0.3, -0.25) is 0 Å². The Bertz CT molecular complexity index is 601. The predicted octanol–water partition coefficient (Wildman–Crippen LogP) is 5.16. The maximum atomic E-state index is 12.3. The summed E-state index contributed by atoms with van der Waals surface area (Å²) in [5.41, 5.74) is 0.233. The lowest BCUT2D eigenvalue weighted by atomic mass is 10.3. The zero-order valence-corrected chi connectivity index (χ0v) is 13.5. The van der Waals surface area contributed by atoms with Gasteiger partial charge in [0.2, 0.25) is 0 Å². The van der Waals surface area contributed by atoms with Gasteiger partial charge in [0, 0.05) is 4.47 Å². The van der Waals surface area contributed by atoms with Crippen molar-refractivity contribution in [3.63, 3.8) is 0 Å². The van der Waals surface area contributed by atoms with Gasteiger partial charge < -0.3 is 14.5 Å². The molecule has 0 aliphatic rings. The summed E-state index contributed by atoms with van der Waals surface area (Å²) >= 11 is 5.12. The minimum Gasteiger partial charge on any atom is -0.454 e. The fourth-order valence-corrected chi connectivity index (χ4v) is 2.28. The minimum atomic E-state index is -4.74. The van der Waals surface area contributed by atoms with Crippen LogP contribution in [0.3, 0.4) is 0 Å². The number of hydrogen-bond acceptors (Lipinski definition) is 3. The summed E-state index contributed by atoms with van der Waals surface area (Å²) in [7, 11) is 0. The number of furan rings is 1. The van der Waals surface area contributed by atoms with Crippen molar-refractivity contribution in [2.24, 2.45) is 0 Å². The second-order valence-corrected chi connectivity index (χ2v) is 5.73. The zero-order chi connectivity index (χ0) is 14.8. The molecule has 2 rings (SSSR count). The number of ether oxygens (including phenoxy) is 1. The number of halogens is 5. The third kappa shape index (κ3) is 4.58. The highest BCUT2D eigenvalue weighted by Gasteiger charge is 2.32. The van der Waals surface area contributed by atoms with Crippen LogP contribution in [-0.4, -0.2) is 6.36 Å². The van der Waals surface area contributed by atoms with E-state index < -0.39 is 6.36 Å². The molecule has 0 saturated carbocycles. The number of hydrogen-bond donors (Lipinski definition) is 1. The Balaban J connectivity index is 2.14. The summed E-state index contributed by atoms with van der Waals surface area (Å²) in [6, 6.07) is 7.89. The Kier molecular flexibility index (Phi) is 4.84. The Hall–Kier alpha value is -0.900. The highest BCUT2D eigenvalue weighted by molar-refractivity contribution is 14.1. The quantitative estimate of drug-likeness (QED) is 0.639. The first kappa shape index (κ1) is 15.5. The van der Waals surface area contributed by atoms with Crippen LogP contribution in [0, 0.1) is 3.77 Å². The molecule has 0 saturated heterocycles. The van der Waals surface area contributed by atoms with Crippen LogP contribution in [0.15, 0.2) is 39.2 Å². The Morgan fingerprint density at radius 2 is 2.00 bits per heavy atom. The number of alkyl halides is 3. The molecule has 0 amide bonds. The third-order valence-corrected chi connectivity index (χ3v) is 3.32. The summed E-state index contributed by atoms with van der Waals surface area (Å²) in [4.78, 5) is 0. The fourth-order valence-electron chi connectivity index (χ4n) is 1.48. The molecular formula is C12H8BrF3INO2. The van der Waals surface area contributed by atoms with Crippen LogP contribution in [0.25, 0.3) is 0 Å². The lowest BCUT2D eigenvalue weighted by Crippen LogP contribution is -2.18. The van der Waals surface area contributed by atoms with Crippen molar-refractivity contribution in [1.29, 1.82) is 0 Å². The zero-order valence-electron chi connectivity index (χ0n) is 9.80. The molecule has 0 radical (unpaired) electrons. The summed E-state index contributed by atoms with van der Waals surface area (Å²) in [6.45, 7) is 0.263. The van der Waals surface area contributed by atoms with Gasteiger partial charge in [0.1, 0.15) is 5.76 Å². The van der Waals surface area contributed by atoms with E-state index in [1.165, 1.54) is 12.1 Å². The van der Waals surface area contributed by atoms with Crippen LogP contribution >= 0.6 is 38.5 Å². The van der Waals surface area contributed by atoms with Gasteiger partial charge in [0.15, 0.2) is 9.52 Å². The van der Waals surface area contributed by atoms with E-state index in [1.54, 1.807) is 18.2 Å². The topological polar surface area (TPSA) is 34.4 Å². The first-order chi connectivity index (χ1) is 9.33. The van der Waals surface area contributed by atoms with E-state index in [-0.39, 0.29) is 18.0 Å². The lowest BCUT2D eigenvalue weighted by Gasteiger charge is -2.14. The highest BCUT2D eigenvalue weighted by atomic mass is 127. The van der Waals surface area contributed by atoms with Gasteiger partial charge in [-0.1, -0.05) is 15.9 Å². The van der Waals surface area contributed by atoms with Crippen molar-refractivity contribution in [3.05, 3.63) is 44.3 Å². The molecule has 3 nitrogen and oxygen atoms in total. The molecule has 0 aliphatic carbocycles. The molecule has 8 heteroatoms. The molecule has 0 aliphatic heterocycles. The molecule has 20 heavy (non-hydrogen) atoms. The van der Waals surface area contributed by atoms with Crippen molar-refractivity contribution in [2.45, 2.75) is 12.9 Å². The van der Waals surface area contributed by atoms with E-state index in [1.807, 2.05) is 22.6 Å². The monoisotopic (exact) mass is 461 g/mol. The maximum absolute atomic E-state index is 12.3. The standard InChI is InChI=1S/C12H8BrF3INO2/c13-7-1-3-9(10(5-7)20-12(14,15)16)18-6-8-2-4-11(17)19-8/h1-5,18H,6H2. The fraction of sp³-hybridized carbons (Fsp3) is 0.167. The van der Waals surface area contributed by atoms with Gasteiger partial charge in [-0.05, 0) is 52.9 Å². The van der Waals surface area contributed by atoms with Gasteiger partial charge in [-0.25, -0.2) is 0 Å². The summed E-state index contributed by atoms with van der Waals surface area (Å²) in [5.74, 6) is 0.323. The molecule has 1 aromatic carbocycles. The van der Waals surface area contributed by atoms with Gasteiger partial charge in [-0.2, -0.15) is 0 Å². The molecule has 1 N–H and O–H groups in total. The van der Waals surface area contributed by atoms with Crippen LogP contribution in [0.4, 0.5) is 18.9 Å². The van der Waals surface area contributed by atoms with Crippen LogP contribution in [0.1, 0.15) is 5.76 Å². The Labute approximate surface area is 134 Å². The van der Waals surface area contributed by atoms with E-state index >= 15 is 0 Å². The minimum absolute atomic E-state index is 0.233. The third-order valence-electron chi connectivity index (χ3n) is 2.25. The first-order valence-electron chi connectivity index (χ1n) is 5.37. The van der Waals surface area contributed by atoms with Gasteiger partial charge in [0.25, 0.3) is 0 Å². The van der Waals surface area contributed by atoms with Crippen molar-refractivity contribution in [3.8, 4) is 5.75 Å². The van der Waals surface area contributed by atoms with Crippen LogP contribution in [-0.2, 0) is 6.54 Å². The molecule has 0 fully saturated rings. The second-order valence-electron chi connectivity index (χ2n) is 3.75. The molecule has 1 aromatic heterocycles. The van der Waals surface area contributed by atoms with Crippen molar-refractivity contribution in [1.82, 2.24) is 0 Å². The summed E-state index contributed by atoms with van der Waals surface area (Å²) in [6.07, 6.45) is -4.74. The molecule has 1 heterocycles. The van der Waals surface area contributed by atoms with Gasteiger partial charge in [0.05, 0.1) is 12.2 Å². The van der Waals surface area contributed by atoms with E-state index in [9.17, 15) is 13.2 Å². The summed E-state index contributed by atoms with van der Waals surface area (Å²) in [5, 5.41) is 2.85. The Morgan fingerprint density at radius 1 is 1.25 bits per heavy atom. The number of nitrogens with one attached hydrogen (secondary N) is 1. The molecule has 0 bridgehead atoms. The lowest BCUT2D eigenvalue weighted by molar-refractivity contribution is -0.274. The van der Waals surface area contributed by atoms with Crippen molar-refractivity contribution < 1.29 is 22.3 Å². The summed E-state index contributed by atoms with van der Waals surface area (Å²) < 4.78 is 47.5.